The van der Waals surface area contributed by atoms with Gasteiger partial charge in [-0.25, -0.2) is 4.99 Å². The molecule has 0 aliphatic carbocycles. The number of aryl methyl sites for hydroxylation is 2. The molecule has 64 valence electrons. The maximum Gasteiger partial charge on any atom is 0.0701 e. The van der Waals surface area contributed by atoms with Gasteiger partial charge in [0, 0.05) is 11.9 Å². The summed E-state index contributed by atoms with van der Waals surface area (Å²) in [5.41, 5.74) is 3.01. The highest BCUT2D eigenvalue weighted by atomic mass is 32.1. The lowest BCUT2D eigenvalue weighted by Gasteiger charge is -2.00. The van der Waals surface area contributed by atoms with Crippen LogP contribution in [-0.2, 0) is 0 Å². The van der Waals surface area contributed by atoms with Crippen LogP contribution >= 0.6 is 12.6 Å². The minimum Gasteiger partial charge on any atom is -0.261 e. The molecule has 0 spiro atoms. The Hall–Kier alpha value is -0.830. The lowest BCUT2D eigenvalue weighted by atomic mass is 10.2. The summed E-state index contributed by atoms with van der Waals surface area (Å²) in [6.45, 7) is 5.80. The third-order valence-electron chi connectivity index (χ3n) is 1.49. The molecular weight excluding hydrogens is 168 g/mol. The van der Waals surface area contributed by atoms with Gasteiger partial charge in [-0.2, -0.15) is 0 Å². The first-order valence-electron chi connectivity index (χ1n) is 3.77. The van der Waals surface area contributed by atoms with E-state index in [0.29, 0.717) is 0 Å². The van der Waals surface area contributed by atoms with E-state index in [1.807, 2.05) is 33.0 Å². The fraction of sp³-hybridized carbons (Fsp3) is 0.333. The molecule has 1 rings (SSSR count). The molecular formula is C9H12N2S. The van der Waals surface area contributed by atoms with Gasteiger partial charge in [-0.05, 0) is 32.4 Å². The van der Waals surface area contributed by atoms with Crippen molar-refractivity contribution in [3.05, 3.63) is 23.5 Å². The molecule has 0 fully saturated rings. The lowest BCUT2D eigenvalue weighted by molar-refractivity contribution is 1.16. The monoisotopic (exact) mass is 180 g/mol. The van der Waals surface area contributed by atoms with Crippen LogP contribution in [0.3, 0.4) is 0 Å². The molecule has 0 N–H and O–H groups in total. The second-order valence-electron chi connectivity index (χ2n) is 2.77. The van der Waals surface area contributed by atoms with Crippen molar-refractivity contribution in [2.75, 3.05) is 0 Å². The van der Waals surface area contributed by atoms with E-state index < -0.39 is 0 Å². The van der Waals surface area contributed by atoms with Crippen LogP contribution in [0.15, 0.2) is 17.3 Å². The van der Waals surface area contributed by atoms with Crippen molar-refractivity contribution in [3.63, 3.8) is 0 Å². The van der Waals surface area contributed by atoms with Crippen LogP contribution in [0.2, 0.25) is 0 Å². The molecule has 0 saturated carbocycles. The number of hydrogen-bond donors (Lipinski definition) is 1. The molecule has 0 atom stereocenters. The van der Waals surface area contributed by atoms with Gasteiger partial charge in [0.2, 0.25) is 0 Å². The van der Waals surface area contributed by atoms with E-state index in [9.17, 15) is 0 Å². The third-order valence-corrected chi connectivity index (χ3v) is 1.59. The molecule has 3 heteroatoms. The van der Waals surface area contributed by atoms with E-state index in [1.54, 1.807) is 0 Å². The zero-order chi connectivity index (χ0) is 9.14. The highest BCUT2D eigenvalue weighted by Crippen LogP contribution is 2.18. The second-order valence-corrected chi connectivity index (χ2v) is 3.42. The highest BCUT2D eigenvalue weighted by molar-refractivity contribution is 7.96. The van der Waals surface area contributed by atoms with Crippen LogP contribution in [-0.4, -0.2) is 10.0 Å². The van der Waals surface area contributed by atoms with Gasteiger partial charge in [0.15, 0.2) is 0 Å². The van der Waals surface area contributed by atoms with Crippen molar-refractivity contribution in [1.82, 2.24) is 4.98 Å². The van der Waals surface area contributed by atoms with Crippen molar-refractivity contribution in [2.24, 2.45) is 4.99 Å². The summed E-state index contributed by atoms with van der Waals surface area (Å²) in [5, 5.41) is 0.767. The molecule has 1 aromatic heterocycles. The van der Waals surface area contributed by atoms with Crippen LogP contribution in [0.25, 0.3) is 0 Å². The first-order chi connectivity index (χ1) is 5.59. The number of pyridine rings is 1. The number of thiol groups is 1. The Kier molecular flexibility index (Phi) is 2.87. The maximum absolute atomic E-state index is 4.26. The zero-order valence-corrected chi connectivity index (χ0v) is 8.39. The fourth-order valence-corrected chi connectivity index (χ4v) is 1.02. The van der Waals surface area contributed by atoms with Gasteiger partial charge in [-0.3, -0.25) is 4.98 Å². The van der Waals surface area contributed by atoms with Gasteiger partial charge in [-0.1, -0.05) is 0 Å². The van der Waals surface area contributed by atoms with Gasteiger partial charge >= 0.3 is 0 Å². The Morgan fingerprint density at radius 1 is 1.50 bits per heavy atom. The van der Waals surface area contributed by atoms with Crippen LogP contribution in [0, 0.1) is 13.8 Å². The highest BCUT2D eigenvalue weighted by Gasteiger charge is 1.96. The molecule has 0 saturated heterocycles. The van der Waals surface area contributed by atoms with E-state index >= 15 is 0 Å². The molecule has 0 aliphatic rings. The summed E-state index contributed by atoms with van der Waals surface area (Å²) in [7, 11) is 0. The Morgan fingerprint density at radius 2 is 2.17 bits per heavy atom. The maximum atomic E-state index is 4.26. The molecule has 0 aliphatic heterocycles. The number of aliphatic imine (C=N–C) groups is 1. The Morgan fingerprint density at radius 3 is 2.75 bits per heavy atom. The second kappa shape index (κ2) is 3.72. The molecule has 1 aromatic rings. The number of hydrogen-bond acceptors (Lipinski definition) is 2. The summed E-state index contributed by atoms with van der Waals surface area (Å²) in [5.74, 6) is 0. The van der Waals surface area contributed by atoms with Gasteiger partial charge in [0.1, 0.15) is 0 Å². The summed E-state index contributed by atoms with van der Waals surface area (Å²) < 4.78 is 0. The minimum absolute atomic E-state index is 0.767. The quantitative estimate of drug-likeness (QED) is 0.401. The van der Waals surface area contributed by atoms with Crippen LogP contribution in [0.4, 0.5) is 5.69 Å². The zero-order valence-electron chi connectivity index (χ0n) is 7.50. The summed E-state index contributed by atoms with van der Waals surface area (Å²) >= 11 is 4.12. The van der Waals surface area contributed by atoms with Crippen molar-refractivity contribution in [2.45, 2.75) is 20.8 Å². The predicted octanol–water partition coefficient (Wildman–Crippen LogP) is 2.68. The normalized spacial score (nSPS) is 11.8. The molecule has 1 heterocycles. The van der Waals surface area contributed by atoms with Gasteiger partial charge in [0.25, 0.3) is 0 Å². The van der Waals surface area contributed by atoms with E-state index in [-0.39, 0.29) is 0 Å². The minimum atomic E-state index is 0.767. The molecule has 0 unspecified atom stereocenters. The Bertz CT molecular complexity index is 314. The fourth-order valence-electron chi connectivity index (χ4n) is 0.909. The molecule has 0 aromatic carbocycles. The average molecular weight is 180 g/mol. The first-order valence-corrected chi connectivity index (χ1v) is 4.22. The largest absolute Gasteiger partial charge is 0.261 e. The van der Waals surface area contributed by atoms with Crippen LogP contribution in [0.1, 0.15) is 18.2 Å². The number of nitrogens with zero attached hydrogens (tertiary/aromatic N) is 2. The molecule has 12 heavy (non-hydrogen) atoms. The SMILES string of the molecule is C/C(S)=N/c1cc(C)ncc1C. The smallest absolute Gasteiger partial charge is 0.0701 e. The van der Waals surface area contributed by atoms with Gasteiger partial charge in [-0.15, -0.1) is 12.6 Å². The molecule has 0 bridgehead atoms. The standard InChI is InChI=1S/C9H12N2S/c1-6-5-10-7(2)4-9(6)11-8(3)12/h4-5H,1-3H3,(H,10,11,12). The van der Waals surface area contributed by atoms with E-state index in [2.05, 4.69) is 22.6 Å². The molecule has 0 amide bonds. The summed E-state index contributed by atoms with van der Waals surface area (Å²) in [4.78, 5) is 8.41. The van der Waals surface area contributed by atoms with Crippen molar-refractivity contribution >= 4 is 23.4 Å². The summed E-state index contributed by atoms with van der Waals surface area (Å²) in [6.07, 6.45) is 1.82. The molecule has 2 nitrogen and oxygen atoms in total. The van der Waals surface area contributed by atoms with E-state index in [4.69, 9.17) is 0 Å². The Labute approximate surface area is 78.2 Å². The lowest BCUT2D eigenvalue weighted by Crippen LogP contribution is -1.84. The average Bonchev–Trinajstić information content (AvgIpc) is 1.96. The third kappa shape index (κ3) is 2.34. The van der Waals surface area contributed by atoms with Crippen LogP contribution in [0.5, 0.6) is 0 Å². The first kappa shape index (κ1) is 9.26. The topological polar surface area (TPSA) is 25.2 Å². The van der Waals surface area contributed by atoms with Crippen molar-refractivity contribution < 1.29 is 0 Å². The van der Waals surface area contributed by atoms with Crippen LogP contribution < -0.4 is 0 Å². The number of aromatic nitrogens is 1. The van der Waals surface area contributed by atoms with Gasteiger partial charge < -0.3 is 0 Å². The van der Waals surface area contributed by atoms with Gasteiger partial charge in [0.05, 0.1) is 10.7 Å². The predicted molar refractivity (Wildman–Crippen MR) is 55.5 cm³/mol. The van der Waals surface area contributed by atoms with E-state index in [1.165, 1.54) is 0 Å². The summed E-state index contributed by atoms with van der Waals surface area (Å²) in [6, 6.07) is 1.95. The van der Waals surface area contributed by atoms with Crippen molar-refractivity contribution in [1.29, 1.82) is 0 Å². The molecule has 0 radical (unpaired) electrons. The Balaban J connectivity index is 3.14. The number of rotatable bonds is 1. The van der Waals surface area contributed by atoms with E-state index in [0.717, 1.165) is 22.0 Å². The van der Waals surface area contributed by atoms with Crippen molar-refractivity contribution in [3.8, 4) is 0 Å².